The van der Waals surface area contributed by atoms with Crippen molar-refractivity contribution in [2.75, 3.05) is 0 Å². The smallest absolute Gasteiger partial charge is 0.103 e. The van der Waals surface area contributed by atoms with Gasteiger partial charge in [-0.3, -0.25) is 0 Å². The van der Waals surface area contributed by atoms with Crippen molar-refractivity contribution in [1.82, 2.24) is 9.13 Å². The van der Waals surface area contributed by atoms with Crippen LogP contribution in [0.4, 0.5) is 0 Å². The van der Waals surface area contributed by atoms with Crippen molar-refractivity contribution in [2.24, 2.45) is 0 Å². The number of rotatable bonds is 2. The highest BCUT2D eigenvalue weighted by Crippen LogP contribution is 2.43. The number of hydrogen-bond donors (Lipinski definition) is 0. The van der Waals surface area contributed by atoms with Gasteiger partial charge in [0.1, 0.15) is 12.1 Å². The lowest BCUT2D eigenvalue weighted by Crippen LogP contribution is -2.07. The van der Waals surface area contributed by atoms with E-state index in [4.69, 9.17) is 0 Å². The number of hydrogen-bond acceptors (Lipinski definition) is 2. The third-order valence-electron chi connectivity index (χ3n) is 8.98. The maximum absolute atomic E-state index is 10.7. The van der Waals surface area contributed by atoms with E-state index in [9.17, 15) is 10.5 Å². The molecular weight excluding hydrogens is 536 g/mol. The summed E-state index contributed by atoms with van der Waals surface area (Å²) in [6.07, 6.45) is 0. The molecule has 4 heteroatoms. The highest BCUT2D eigenvalue weighted by molar-refractivity contribution is 6.28. The number of benzene rings is 7. The minimum atomic E-state index is 0.352. The fourth-order valence-electron chi connectivity index (χ4n) is 7.16. The summed E-state index contributed by atoms with van der Waals surface area (Å²) in [5.74, 6) is 0. The first-order chi connectivity index (χ1) is 21.8. The van der Waals surface area contributed by atoms with Gasteiger partial charge in [0.15, 0.2) is 0 Å². The van der Waals surface area contributed by atoms with E-state index in [0.717, 1.165) is 38.5 Å². The summed E-state index contributed by atoms with van der Waals surface area (Å²) in [5.41, 5.74) is 6.31. The lowest BCUT2D eigenvalue weighted by molar-refractivity contribution is 1.08. The van der Waals surface area contributed by atoms with E-state index < -0.39 is 0 Å². The van der Waals surface area contributed by atoms with Crippen LogP contribution in [0.5, 0.6) is 0 Å². The van der Waals surface area contributed by atoms with Gasteiger partial charge >= 0.3 is 0 Å². The van der Waals surface area contributed by atoms with Crippen molar-refractivity contribution in [2.45, 2.75) is 0 Å². The zero-order valence-electron chi connectivity index (χ0n) is 23.5. The van der Waals surface area contributed by atoms with Crippen LogP contribution in [0, 0.1) is 22.7 Å². The molecule has 0 aliphatic heterocycles. The van der Waals surface area contributed by atoms with E-state index in [2.05, 4.69) is 118 Å². The van der Waals surface area contributed by atoms with E-state index >= 15 is 0 Å². The van der Waals surface area contributed by atoms with Crippen LogP contribution in [0.3, 0.4) is 0 Å². The SMILES string of the molecule is N#Cc1ccc(-n2c3ccc4ccccc4c3c3c4ccccc4ccc32)c(-n2c3ccccc3c3ccccc32)c1C#N. The van der Waals surface area contributed by atoms with Gasteiger partial charge in [0, 0.05) is 21.5 Å². The standard InChI is InChI=1S/C40H22N4/c41-23-27-19-22-37(40(32(27)24-42)44-33-15-7-5-13-30(33)31-14-6-8-16-34(31)44)43-35-20-17-25-9-1-3-11-28(25)38(35)39-29-12-4-2-10-26(29)18-21-36(39)43/h1-22H. The average Bonchev–Trinajstić information content (AvgIpc) is 3.61. The predicted molar refractivity (Wildman–Crippen MR) is 180 cm³/mol. The van der Waals surface area contributed by atoms with Gasteiger partial charge in [-0.25, -0.2) is 0 Å². The molecule has 0 radical (unpaired) electrons. The molecule has 202 valence electrons. The van der Waals surface area contributed by atoms with Crippen LogP contribution in [0.25, 0.3) is 76.5 Å². The van der Waals surface area contributed by atoms with Crippen LogP contribution in [0.2, 0.25) is 0 Å². The third-order valence-corrected chi connectivity index (χ3v) is 8.98. The molecule has 9 aromatic rings. The van der Waals surface area contributed by atoms with E-state index in [1.54, 1.807) is 6.07 Å². The van der Waals surface area contributed by atoms with Crippen molar-refractivity contribution in [1.29, 1.82) is 10.5 Å². The summed E-state index contributed by atoms with van der Waals surface area (Å²) in [4.78, 5) is 0. The molecule has 0 unspecified atom stereocenters. The Morgan fingerprint density at radius 2 is 0.909 bits per heavy atom. The van der Waals surface area contributed by atoms with Gasteiger partial charge in [-0.1, -0.05) is 97.1 Å². The molecule has 0 saturated heterocycles. The molecule has 0 bridgehead atoms. The van der Waals surface area contributed by atoms with Gasteiger partial charge in [-0.2, -0.15) is 10.5 Å². The van der Waals surface area contributed by atoms with Gasteiger partial charge in [-0.15, -0.1) is 0 Å². The maximum Gasteiger partial charge on any atom is 0.103 e. The Hall–Kier alpha value is -6.36. The maximum atomic E-state index is 10.7. The fraction of sp³-hybridized carbons (Fsp3) is 0. The predicted octanol–water partition coefficient (Wildman–Crippen LogP) is 9.93. The topological polar surface area (TPSA) is 57.4 Å². The van der Waals surface area contributed by atoms with Gasteiger partial charge in [0.2, 0.25) is 0 Å². The molecule has 9 rings (SSSR count). The Balaban J connectivity index is 1.55. The second-order valence-electron chi connectivity index (χ2n) is 11.1. The average molecular weight is 559 g/mol. The Labute approximate surface area is 252 Å². The zero-order valence-corrected chi connectivity index (χ0v) is 23.5. The molecular formula is C40H22N4. The van der Waals surface area contributed by atoms with Crippen molar-refractivity contribution in [3.63, 3.8) is 0 Å². The normalized spacial score (nSPS) is 11.6. The Morgan fingerprint density at radius 3 is 1.43 bits per heavy atom. The summed E-state index contributed by atoms with van der Waals surface area (Å²) < 4.78 is 4.45. The van der Waals surface area contributed by atoms with Crippen molar-refractivity contribution < 1.29 is 0 Å². The third kappa shape index (κ3) is 3.14. The van der Waals surface area contributed by atoms with Crippen LogP contribution in [-0.4, -0.2) is 9.13 Å². The molecule has 0 amide bonds. The second kappa shape index (κ2) is 9.07. The van der Waals surface area contributed by atoms with Crippen molar-refractivity contribution in [3.05, 3.63) is 145 Å². The summed E-state index contributed by atoms with van der Waals surface area (Å²) in [6.45, 7) is 0. The minimum absolute atomic E-state index is 0.352. The second-order valence-corrected chi connectivity index (χ2v) is 11.1. The van der Waals surface area contributed by atoms with Gasteiger partial charge in [0.25, 0.3) is 0 Å². The van der Waals surface area contributed by atoms with E-state index in [1.165, 1.54) is 32.3 Å². The molecule has 0 atom stereocenters. The molecule has 0 fully saturated rings. The fourth-order valence-corrected chi connectivity index (χ4v) is 7.16. The Morgan fingerprint density at radius 1 is 0.409 bits per heavy atom. The summed E-state index contributed by atoms with van der Waals surface area (Å²) >= 11 is 0. The molecule has 44 heavy (non-hydrogen) atoms. The summed E-state index contributed by atoms with van der Waals surface area (Å²) in [7, 11) is 0. The zero-order chi connectivity index (χ0) is 29.4. The highest BCUT2D eigenvalue weighted by atomic mass is 15.1. The van der Waals surface area contributed by atoms with Crippen LogP contribution in [0.15, 0.2) is 133 Å². The molecule has 0 spiro atoms. The van der Waals surface area contributed by atoms with Crippen molar-refractivity contribution in [3.8, 4) is 23.5 Å². The van der Waals surface area contributed by atoms with Crippen LogP contribution < -0.4 is 0 Å². The van der Waals surface area contributed by atoms with Crippen LogP contribution >= 0.6 is 0 Å². The number of nitriles is 2. The summed E-state index contributed by atoms with van der Waals surface area (Å²) in [6, 6.07) is 50.8. The van der Waals surface area contributed by atoms with Gasteiger partial charge in [-0.05, 0) is 57.9 Å². The molecule has 2 heterocycles. The summed E-state index contributed by atoms with van der Waals surface area (Å²) in [5, 5.41) is 30.1. The van der Waals surface area contributed by atoms with Crippen LogP contribution in [0.1, 0.15) is 11.1 Å². The molecule has 0 aliphatic rings. The first-order valence-corrected chi connectivity index (χ1v) is 14.6. The number of fused-ring (bicyclic) bond motifs is 10. The van der Waals surface area contributed by atoms with E-state index in [0.29, 0.717) is 16.8 Å². The quantitative estimate of drug-likeness (QED) is 0.212. The Bertz CT molecular complexity index is 2600. The molecule has 0 saturated carbocycles. The molecule has 0 N–H and O–H groups in total. The number of nitrogens with zero attached hydrogens (tertiary/aromatic N) is 4. The molecule has 2 aromatic heterocycles. The largest absolute Gasteiger partial charge is 0.307 e. The van der Waals surface area contributed by atoms with Gasteiger partial charge in [0.05, 0.1) is 44.6 Å². The first-order valence-electron chi connectivity index (χ1n) is 14.6. The highest BCUT2D eigenvalue weighted by Gasteiger charge is 2.24. The molecule has 0 aliphatic carbocycles. The molecule has 4 nitrogen and oxygen atoms in total. The van der Waals surface area contributed by atoms with Crippen LogP contribution in [-0.2, 0) is 0 Å². The lowest BCUT2D eigenvalue weighted by atomic mass is 10.00. The van der Waals surface area contributed by atoms with Crippen molar-refractivity contribution >= 4 is 65.2 Å². The monoisotopic (exact) mass is 558 g/mol. The van der Waals surface area contributed by atoms with E-state index in [1.807, 2.05) is 30.3 Å². The van der Waals surface area contributed by atoms with Gasteiger partial charge < -0.3 is 9.13 Å². The molecule has 7 aromatic carbocycles. The minimum Gasteiger partial charge on any atom is -0.307 e. The number of para-hydroxylation sites is 2. The lowest BCUT2D eigenvalue weighted by Gasteiger charge is -2.19. The first kappa shape index (κ1) is 24.3. The van der Waals surface area contributed by atoms with E-state index in [-0.39, 0.29) is 0 Å². The number of aromatic nitrogens is 2. The Kier molecular flexibility index (Phi) is 5.00.